The van der Waals surface area contributed by atoms with Crippen LogP contribution in [0.3, 0.4) is 0 Å². The second kappa shape index (κ2) is 9.73. The second-order valence-electron chi connectivity index (χ2n) is 6.56. The number of nitrogens with one attached hydrogen (secondary N) is 2. The average molecular weight is 433 g/mol. The molecule has 0 aliphatic carbocycles. The molecule has 2 N–H and O–H groups in total. The van der Waals surface area contributed by atoms with Gasteiger partial charge in [-0.15, -0.1) is 0 Å². The van der Waals surface area contributed by atoms with Gasteiger partial charge in [-0.05, 0) is 30.3 Å². The molecule has 0 fully saturated rings. The van der Waals surface area contributed by atoms with Crippen molar-refractivity contribution in [3.8, 4) is 11.3 Å². The number of halogens is 1. The number of benzene rings is 2. The predicted octanol–water partition coefficient (Wildman–Crippen LogP) is 5.14. The summed E-state index contributed by atoms with van der Waals surface area (Å²) in [7, 11) is 1.76. The summed E-state index contributed by atoms with van der Waals surface area (Å²) in [5.74, 6) is -0.0186. The van der Waals surface area contributed by atoms with Crippen LogP contribution in [0, 0.1) is 0 Å². The number of nitrogens with zero attached hydrogens (tertiary/aromatic N) is 2. The van der Waals surface area contributed by atoms with E-state index in [1.165, 1.54) is 12.2 Å². The van der Waals surface area contributed by atoms with Crippen LogP contribution in [0.4, 0.5) is 11.5 Å². The molecular formula is C24H21ClN4O2. The lowest BCUT2D eigenvalue weighted by atomic mass is 10.1. The number of anilines is 2. The smallest absolute Gasteiger partial charge is 0.257 e. The van der Waals surface area contributed by atoms with Gasteiger partial charge in [-0.25, -0.2) is 0 Å². The third kappa shape index (κ3) is 5.18. The molecular weight excluding hydrogens is 412 g/mol. The maximum atomic E-state index is 12.4. The highest BCUT2D eigenvalue weighted by atomic mass is 35.5. The van der Waals surface area contributed by atoms with Crippen LogP contribution in [0.25, 0.3) is 11.3 Å². The molecule has 3 aromatic rings. The molecule has 0 bridgehead atoms. The number of carbonyl (C=O) groups is 2. The van der Waals surface area contributed by atoms with Crippen molar-refractivity contribution in [2.24, 2.45) is 7.05 Å². The Morgan fingerprint density at radius 1 is 1.00 bits per heavy atom. The Morgan fingerprint density at radius 2 is 1.68 bits per heavy atom. The molecule has 2 aromatic carbocycles. The Kier molecular flexibility index (Phi) is 6.85. The molecule has 31 heavy (non-hydrogen) atoms. The first-order valence-corrected chi connectivity index (χ1v) is 9.77. The fourth-order valence-corrected chi connectivity index (χ4v) is 3.00. The summed E-state index contributed by atoms with van der Waals surface area (Å²) in [6.07, 6.45) is 2.77. The van der Waals surface area contributed by atoms with Crippen molar-refractivity contribution in [2.45, 2.75) is 0 Å². The van der Waals surface area contributed by atoms with Crippen LogP contribution in [0.1, 0.15) is 10.4 Å². The summed E-state index contributed by atoms with van der Waals surface area (Å²) in [4.78, 5) is 24.7. The maximum absolute atomic E-state index is 12.4. The number of hydrogen-bond acceptors (Lipinski definition) is 3. The summed E-state index contributed by atoms with van der Waals surface area (Å²) in [6.45, 7) is 7.16. The minimum Gasteiger partial charge on any atom is -0.322 e. The van der Waals surface area contributed by atoms with Crippen molar-refractivity contribution >= 4 is 34.9 Å². The first-order valence-electron chi connectivity index (χ1n) is 9.39. The second-order valence-corrected chi connectivity index (χ2v) is 6.97. The van der Waals surface area contributed by atoms with Crippen LogP contribution in [0.2, 0.25) is 0 Å². The SMILES string of the molecule is C=C/C(Cl)=C(\C=C)C(=O)Nc1ccc(-c2cc(NC(=O)c3ccccc3)n(C)n2)cc1. The molecule has 2 amide bonds. The number of rotatable bonds is 7. The number of aromatic nitrogens is 2. The Morgan fingerprint density at radius 3 is 2.29 bits per heavy atom. The summed E-state index contributed by atoms with van der Waals surface area (Å²) in [5.41, 5.74) is 2.91. The van der Waals surface area contributed by atoms with Crippen molar-refractivity contribution in [2.75, 3.05) is 10.6 Å². The van der Waals surface area contributed by atoms with E-state index in [0.29, 0.717) is 22.8 Å². The molecule has 0 unspecified atom stereocenters. The lowest BCUT2D eigenvalue weighted by Gasteiger charge is -2.07. The molecule has 0 saturated heterocycles. The predicted molar refractivity (Wildman–Crippen MR) is 125 cm³/mol. The fraction of sp³-hybridized carbons (Fsp3) is 0.0417. The molecule has 3 rings (SSSR count). The zero-order valence-corrected chi connectivity index (χ0v) is 17.7. The lowest BCUT2D eigenvalue weighted by molar-refractivity contribution is -0.112. The van der Waals surface area contributed by atoms with Crippen molar-refractivity contribution in [1.82, 2.24) is 9.78 Å². The number of aryl methyl sites for hydroxylation is 1. The van der Waals surface area contributed by atoms with E-state index in [9.17, 15) is 9.59 Å². The van der Waals surface area contributed by atoms with Gasteiger partial charge < -0.3 is 10.6 Å². The van der Waals surface area contributed by atoms with Gasteiger partial charge in [0.2, 0.25) is 0 Å². The van der Waals surface area contributed by atoms with Gasteiger partial charge >= 0.3 is 0 Å². The third-order valence-electron chi connectivity index (χ3n) is 4.48. The monoisotopic (exact) mass is 432 g/mol. The van der Waals surface area contributed by atoms with Crippen molar-refractivity contribution in [1.29, 1.82) is 0 Å². The summed E-state index contributed by atoms with van der Waals surface area (Å²) in [5, 5.41) is 10.3. The van der Waals surface area contributed by atoms with E-state index in [4.69, 9.17) is 11.6 Å². The summed E-state index contributed by atoms with van der Waals surface area (Å²) >= 11 is 5.98. The van der Waals surface area contributed by atoms with Crippen molar-refractivity contribution < 1.29 is 9.59 Å². The third-order valence-corrected chi connectivity index (χ3v) is 4.84. The van der Waals surface area contributed by atoms with E-state index >= 15 is 0 Å². The summed E-state index contributed by atoms with van der Waals surface area (Å²) < 4.78 is 1.60. The maximum Gasteiger partial charge on any atom is 0.257 e. The molecule has 0 saturated carbocycles. The Balaban J connectivity index is 1.74. The zero-order chi connectivity index (χ0) is 22.4. The van der Waals surface area contributed by atoms with Gasteiger partial charge in [-0.2, -0.15) is 5.10 Å². The lowest BCUT2D eigenvalue weighted by Crippen LogP contribution is -2.14. The molecule has 7 heteroatoms. The van der Waals surface area contributed by atoms with Crippen LogP contribution in [-0.4, -0.2) is 21.6 Å². The molecule has 6 nitrogen and oxygen atoms in total. The van der Waals surface area contributed by atoms with E-state index in [2.05, 4.69) is 28.9 Å². The van der Waals surface area contributed by atoms with E-state index in [1.807, 2.05) is 30.3 Å². The van der Waals surface area contributed by atoms with Crippen LogP contribution < -0.4 is 10.6 Å². The zero-order valence-electron chi connectivity index (χ0n) is 16.9. The van der Waals surface area contributed by atoms with Gasteiger partial charge in [-0.3, -0.25) is 14.3 Å². The Hall–Kier alpha value is -3.90. The Labute approximate surface area is 185 Å². The highest BCUT2D eigenvalue weighted by Gasteiger charge is 2.13. The van der Waals surface area contributed by atoms with E-state index < -0.39 is 0 Å². The highest BCUT2D eigenvalue weighted by molar-refractivity contribution is 6.34. The highest BCUT2D eigenvalue weighted by Crippen LogP contribution is 2.24. The normalized spacial score (nSPS) is 11.3. The van der Waals surface area contributed by atoms with Crippen LogP contribution >= 0.6 is 11.6 Å². The first kappa shape index (κ1) is 21.8. The molecule has 0 radical (unpaired) electrons. The fourth-order valence-electron chi connectivity index (χ4n) is 2.83. The standard InChI is InChI=1S/C24H21ClN4O2/c1-4-19(20(25)5-2)24(31)26-18-13-11-16(12-14-18)21-15-22(29(3)28-21)27-23(30)17-9-7-6-8-10-17/h4-15H,1-2H2,3H3,(H,26,31)(H,27,30)/b20-19-. The van der Waals surface area contributed by atoms with E-state index in [-0.39, 0.29) is 22.4 Å². The number of amides is 2. The van der Waals surface area contributed by atoms with Gasteiger partial charge in [0.25, 0.3) is 11.8 Å². The van der Waals surface area contributed by atoms with E-state index in [0.717, 1.165) is 5.56 Å². The molecule has 0 aliphatic rings. The Bertz CT molecular complexity index is 1160. The van der Waals surface area contributed by atoms with Gasteiger partial charge in [0.05, 0.1) is 16.3 Å². The minimum absolute atomic E-state index is 0.211. The molecule has 1 aromatic heterocycles. The molecule has 0 aliphatic heterocycles. The number of hydrogen-bond donors (Lipinski definition) is 2. The summed E-state index contributed by atoms with van der Waals surface area (Å²) in [6, 6.07) is 17.9. The average Bonchev–Trinajstić information content (AvgIpc) is 3.15. The molecule has 0 atom stereocenters. The first-order chi connectivity index (χ1) is 14.9. The molecule has 1 heterocycles. The number of allylic oxidation sites excluding steroid dienone is 2. The quantitative estimate of drug-likeness (QED) is 0.400. The van der Waals surface area contributed by atoms with Crippen molar-refractivity contribution in [3.05, 3.63) is 102 Å². The minimum atomic E-state index is -0.378. The van der Waals surface area contributed by atoms with Crippen LogP contribution in [-0.2, 0) is 11.8 Å². The largest absolute Gasteiger partial charge is 0.322 e. The number of carbonyl (C=O) groups excluding carboxylic acids is 2. The van der Waals surface area contributed by atoms with Crippen LogP contribution in [0.5, 0.6) is 0 Å². The van der Waals surface area contributed by atoms with Gasteiger partial charge in [0, 0.05) is 29.9 Å². The van der Waals surface area contributed by atoms with Crippen molar-refractivity contribution in [3.63, 3.8) is 0 Å². The molecule has 156 valence electrons. The van der Waals surface area contributed by atoms with Gasteiger partial charge in [0.1, 0.15) is 5.82 Å². The molecule has 0 spiro atoms. The topological polar surface area (TPSA) is 76.0 Å². The van der Waals surface area contributed by atoms with Crippen LogP contribution in [0.15, 0.2) is 96.6 Å². The van der Waals surface area contributed by atoms with E-state index in [1.54, 1.807) is 42.1 Å². The van der Waals surface area contributed by atoms with Gasteiger partial charge in [0.15, 0.2) is 0 Å². The van der Waals surface area contributed by atoms with Gasteiger partial charge in [-0.1, -0.05) is 61.2 Å².